The van der Waals surface area contributed by atoms with Gasteiger partial charge in [-0.05, 0) is 23.8 Å². The minimum absolute atomic E-state index is 0.149. The summed E-state index contributed by atoms with van der Waals surface area (Å²) in [5.74, 6) is -0.679. The molecule has 0 spiro atoms. The van der Waals surface area contributed by atoms with Crippen LogP contribution in [0.15, 0.2) is 22.7 Å². The average Bonchev–Trinajstić information content (AvgIpc) is 2.30. The van der Waals surface area contributed by atoms with Gasteiger partial charge in [0.2, 0.25) is 5.91 Å². The molecule has 0 saturated heterocycles. The fraction of sp³-hybridized carbons (Fsp3) is 0.364. The Kier molecular flexibility index (Phi) is 5.54. The van der Waals surface area contributed by atoms with Gasteiger partial charge in [0.15, 0.2) is 0 Å². The van der Waals surface area contributed by atoms with Crippen molar-refractivity contribution in [2.24, 2.45) is 5.73 Å². The summed E-state index contributed by atoms with van der Waals surface area (Å²) in [5.41, 5.74) is 6.19. The molecule has 1 amide bonds. The van der Waals surface area contributed by atoms with Gasteiger partial charge in [-0.1, -0.05) is 15.9 Å². The lowest BCUT2D eigenvalue weighted by Crippen LogP contribution is -2.43. The maximum Gasteiger partial charge on any atom is 0.239 e. The normalized spacial score (nSPS) is 12.2. The fourth-order valence-electron chi connectivity index (χ4n) is 1.25. The number of hydrogen-bond donors (Lipinski definition) is 2. The molecular weight excluding hydrogens is 291 g/mol. The maximum absolute atomic E-state index is 13.0. The van der Waals surface area contributed by atoms with Gasteiger partial charge in [-0.25, -0.2) is 4.39 Å². The Hall–Kier alpha value is -0.980. The predicted molar refractivity (Wildman–Crippen MR) is 65.8 cm³/mol. The third-order valence-electron chi connectivity index (χ3n) is 2.14. The van der Waals surface area contributed by atoms with Gasteiger partial charge in [-0.3, -0.25) is 4.79 Å². The SMILES string of the molecule is COCC(N)C(=O)NCc1cc(F)ccc1Br. The highest BCUT2D eigenvalue weighted by molar-refractivity contribution is 9.10. The van der Waals surface area contributed by atoms with Crippen molar-refractivity contribution in [3.8, 4) is 0 Å². The van der Waals surface area contributed by atoms with E-state index in [9.17, 15) is 9.18 Å². The number of rotatable bonds is 5. The topological polar surface area (TPSA) is 64.3 Å². The number of methoxy groups -OCH3 is 1. The van der Waals surface area contributed by atoms with Crippen molar-refractivity contribution in [1.82, 2.24) is 5.32 Å². The van der Waals surface area contributed by atoms with Crippen molar-refractivity contribution < 1.29 is 13.9 Å². The summed E-state index contributed by atoms with van der Waals surface area (Å²) >= 11 is 3.27. The minimum Gasteiger partial charge on any atom is -0.383 e. The Morgan fingerprint density at radius 2 is 2.35 bits per heavy atom. The first kappa shape index (κ1) is 14.1. The molecular formula is C11H14BrFN2O2. The van der Waals surface area contributed by atoms with Crippen LogP contribution in [-0.4, -0.2) is 25.7 Å². The van der Waals surface area contributed by atoms with Gasteiger partial charge < -0.3 is 15.8 Å². The number of hydrogen-bond acceptors (Lipinski definition) is 3. The number of halogens is 2. The van der Waals surface area contributed by atoms with E-state index in [0.717, 1.165) is 4.47 Å². The number of ether oxygens (including phenoxy) is 1. The molecule has 1 unspecified atom stereocenters. The van der Waals surface area contributed by atoms with Gasteiger partial charge >= 0.3 is 0 Å². The van der Waals surface area contributed by atoms with E-state index in [1.165, 1.54) is 19.2 Å². The number of benzene rings is 1. The molecule has 0 radical (unpaired) electrons. The molecule has 1 aromatic rings. The molecule has 0 fully saturated rings. The Bertz CT molecular complexity index is 401. The number of carbonyl (C=O) groups excluding carboxylic acids is 1. The van der Waals surface area contributed by atoms with Crippen LogP contribution in [0.5, 0.6) is 0 Å². The van der Waals surface area contributed by atoms with Crippen LogP contribution < -0.4 is 11.1 Å². The highest BCUT2D eigenvalue weighted by Gasteiger charge is 2.13. The molecule has 1 atom stereocenters. The highest BCUT2D eigenvalue weighted by Crippen LogP contribution is 2.17. The van der Waals surface area contributed by atoms with Crippen molar-refractivity contribution in [1.29, 1.82) is 0 Å². The van der Waals surface area contributed by atoms with Crippen LogP contribution in [0.4, 0.5) is 4.39 Å². The van der Waals surface area contributed by atoms with Gasteiger partial charge in [0.1, 0.15) is 11.9 Å². The van der Waals surface area contributed by atoms with Crippen LogP contribution in [0, 0.1) is 5.82 Å². The molecule has 0 saturated carbocycles. The van der Waals surface area contributed by atoms with Crippen molar-refractivity contribution in [2.75, 3.05) is 13.7 Å². The number of amides is 1. The van der Waals surface area contributed by atoms with Crippen molar-refractivity contribution >= 4 is 21.8 Å². The number of carbonyl (C=O) groups is 1. The quantitative estimate of drug-likeness (QED) is 0.858. The van der Waals surface area contributed by atoms with Crippen LogP contribution in [0.2, 0.25) is 0 Å². The predicted octanol–water partition coefficient (Wildman–Crippen LogP) is 1.18. The van der Waals surface area contributed by atoms with E-state index >= 15 is 0 Å². The molecule has 6 heteroatoms. The summed E-state index contributed by atoms with van der Waals surface area (Å²) < 4.78 is 18.5. The first-order chi connectivity index (χ1) is 8.04. The monoisotopic (exact) mass is 304 g/mol. The molecule has 0 aliphatic heterocycles. The van der Waals surface area contributed by atoms with Crippen LogP contribution in [0.3, 0.4) is 0 Å². The van der Waals surface area contributed by atoms with Gasteiger partial charge in [-0.15, -0.1) is 0 Å². The molecule has 17 heavy (non-hydrogen) atoms. The average molecular weight is 305 g/mol. The summed E-state index contributed by atoms with van der Waals surface area (Å²) in [6, 6.07) is 3.57. The van der Waals surface area contributed by atoms with Gasteiger partial charge in [0.25, 0.3) is 0 Å². The van der Waals surface area contributed by atoms with Gasteiger partial charge in [0.05, 0.1) is 6.61 Å². The maximum atomic E-state index is 13.0. The lowest BCUT2D eigenvalue weighted by molar-refractivity contribution is -0.123. The molecule has 0 heterocycles. The molecule has 3 N–H and O–H groups in total. The van der Waals surface area contributed by atoms with Crippen LogP contribution in [0.1, 0.15) is 5.56 Å². The summed E-state index contributed by atoms with van der Waals surface area (Å²) in [5, 5.41) is 2.61. The molecule has 0 aromatic heterocycles. The van der Waals surface area contributed by atoms with E-state index in [-0.39, 0.29) is 24.9 Å². The third-order valence-corrected chi connectivity index (χ3v) is 2.92. The van der Waals surface area contributed by atoms with Crippen molar-refractivity contribution in [3.63, 3.8) is 0 Å². The second-order valence-corrected chi connectivity index (χ2v) is 4.37. The van der Waals surface area contributed by atoms with Gasteiger partial charge in [0, 0.05) is 18.1 Å². The lowest BCUT2D eigenvalue weighted by Gasteiger charge is -2.12. The Morgan fingerprint density at radius 1 is 1.65 bits per heavy atom. The van der Waals surface area contributed by atoms with E-state index in [2.05, 4.69) is 21.2 Å². The Labute approximate surface area is 107 Å². The molecule has 1 aromatic carbocycles. The second-order valence-electron chi connectivity index (χ2n) is 3.52. The summed E-state index contributed by atoms with van der Waals surface area (Å²) in [6.07, 6.45) is 0. The third kappa shape index (κ3) is 4.41. The zero-order valence-electron chi connectivity index (χ0n) is 9.37. The minimum atomic E-state index is -0.715. The van der Waals surface area contributed by atoms with E-state index < -0.39 is 6.04 Å². The second kappa shape index (κ2) is 6.68. The Balaban J connectivity index is 2.55. The van der Waals surface area contributed by atoms with E-state index in [1.54, 1.807) is 6.07 Å². The highest BCUT2D eigenvalue weighted by atomic mass is 79.9. The van der Waals surface area contributed by atoms with Crippen molar-refractivity contribution in [3.05, 3.63) is 34.1 Å². The van der Waals surface area contributed by atoms with Crippen molar-refractivity contribution in [2.45, 2.75) is 12.6 Å². The zero-order chi connectivity index (χ0) is 12.8. The molecule has 0 aliphatic carbocycles. The summed E-state index contributed by atoms with van der Waals surface area (Å²) in [7, 11) is 1.47. The molecule has 0 aliphatic rings. The largest absolute Gasteiger partial charge is 0.383 e. The molecule has 1 rings (SSSR count). The summed E-state index contributed by atoms with van der Waals surface area (Å²) in [6.45, 7) is 0.366. The standard InChI is InChI=1S/C11H14BrFN2O2/c1-17-6-10(14)11(16)15-5-7-4-8(13)2-3-9(7)12/h2-4,10H,5-6,14H2,1H3,(H,15,16). The fourth-order valence-corrected chi connectivity index (χ4v) is 1.63. The van der Waals surface area contributed by atoms with Crippen LogP contribution in [0.25, 0.3) is 0 Å². The van der Waals surface area contributed by atoms with E-state index in [1.807, 2.05) is 0 Å². The Morgan fingerprint density at radius 3 is 3.00 bits per heavy atom. The zero-order valence-corrected chi connectivity index (χ0v) is 11.0. The molecule has 0 bridgehead atoms. The number of nitrogens with two attached hydrogens (primary N) is 1. The van der Waals surface area contributed by atoms with E-state index in [4.69, 9.17) is 10.5 Å². The first-order valence-electron chi connectivity index (χ1n) is 5.00. The number of nitrogens with one attached hydrogen (secondary N) is 1. The summed E-state index contributed by atoms with van der Waals surface area (Å²) in [4.78, 5) is 11.5. The van der Waals surface area contributed by atoms with Crippen LogP contribution >= 0.6 is 15.9 Å². The van der Waals surface area contributed by atoms with Gasteiger partial charge in [-0.2, -0.15) is 0 Å². The van der Waals surface area contributed by atoms with E-state index in [0.29, 0.717) is 5.56 Å². The lowest BCUT2D eigenvalue weighted by atomic mass is 10.2. The first-order valence-corrected chi connectivity index (χ1v) is 5.80. The molecule has 4 nitrogen and oxygen atoms in total. The smallest absolute Gasteiger partial charge is 0.239 e. The van der Waals surface area contributed by atoms with Crippen LogP contribution in [-0.2, 0) is 16.1 Å². The molecule has 94 valence electrons.